The molecule has 0 unspecified atom stereocenters. The number of aromatic nitrogens is 2. The fraction of sp³-hybridized carbons (Fsp3) is 0.233. The number of benzene rings is 3. The van der Waals surface area contributed by atoms with Crippen LogP contribution in [0.25, 0.3) is 16.8 Å². The SMILES string of the molecule is Cc1nn(-c2ccc(F)c(C#N)c2)c2c1CCN(c1ccc(-c3ccccc3)c(S(=O)(=O)NC(C)(C)C)c1)C2=O. The molecule has 0 fully saturated rings. The molecule has 4 aromatic rings. The number of carbonyl (C=O) groups is 1. The summed E-state index contributed by atoms with van der Waals surface area (Å²) in [5, 5.41) is 13.8. The van der Waals surface area contributed by atoms with Crippen molar-refractivity contribution in [1.82, 2.24) is 14.5 Å². The van der Waals surface area contributed by atoms with Crippen molar-refractivity contribution in [3.05, 3.63) is 95.1 Å². The Morgan fingerprint density at radius 3 is 2.40 bits per heavy atom. The van der Waals surface area contributed by atoms with Crippen LogP contribution in [0.2, 0.25) is 0 Å². The standard InChI is InChI=1S/C30H28FN5O3S/c1-19-24-14-15-35(29(37)28(24)36(33-19)23-11-13-26(31)21(16-23)18-32)22-10-12-25(20-8-6-5-7-9-20)27(17-22)40(38,39)34-30(2,3)4/h5-13,16-17,34H,14-15H2,1-4H3. The van der Waals surface area contributed by atoms with E-state index < -0.39 is 21.4 Å². The lowest BCUT2D eigenvalue weighted by Crippen LogP contribution is -2.41. The molecule has 0 aliphatic carbocycles. The summed E-state index contributed by atoms with van der Waals surface area (Å²) in [6.07, 6.45) is 0.488. The highest BCUT2D eigenvalue weighted by molar-refractivity contribution is 7.89. The number of carbonyl (C=O) groups excluding carboxylic acids is 1. The third-order valence-corrected chi connectivity index (χ3v) is 8.42. The van der Waals surface area contributed by atoms with Crippen molar-refractivity contribution >= 4 is 21.6 Å². The topological polar surface area (TPSA) is 108 Å². The van der Waals surface area contributed by atoms with E-state index in [2.05, 4.69) is 9.82 Å². The molecule has 1 aliphatic heterocycles. The van der Waals surface area contributed by atoms with Crippen LogP contribution in [0.1, 0.15) is 48.1 Å². The molecule has 2 heterocycles. The minimum atomic E-state index is -3.97. The smallest absolute Gasteiger partial charge is 0.277 e. The first kappa shape index (κ1) is 27.2. The molecule has 1 N–H and O–H groups in total. The van der Waals surface area contributed by atoms with E-state index in [9.17, 15) is 22.9 Å². The van der Waals surface area contributed by atoms with Crippen LogP contribution < -0.4 is 9.62 Å². The van der Waals surface area contributed by atoms with Gasteiger partial charge in [0.1, 0.15) is 17.6 Å². The normalized spacial score (nSPS) is 13.7. The van der Waals surface area contributed by atoms with Crippen molar-refractivity contribution in [2.75, 3.05) is 11.4 Å². The van der Waals surface area contributed by atoms with Gasteiger partial charge in [-0.05, 0) is 70.0 Å². The van der Waals surface area contributed by atoms with E-state index in [4.69, 9.17) is 0 Å². The number of fused-ring (bicyclic) bond motifs is 1. The lowest BCUT2D eigenvalue weighted by Gasteiger charge is -2.29. The molecule has 10 heteroatoms. The van der Waals surface area contributed by atoms with E-state index in [1.165, 1.54) is 33.8 Å². The molecule has 1 aromatic heterocycles. The highest BCUT2D eigenvalue weighted by atomic mass is 32.2. The lowest BCUT2D eigenvalue weighted by molar-refractivity contribution is 0.0973. The zero-order valence-corrected chi connectivity index (χ0v) is 23.4. The Morgan fingerprint density at radius 1 is 1.02 bits per heavy atom. The number of amides is 1. The quantitative estimate of drug-likeness (QED) is 0.366. The Kier molecular flexibility index (Phi) is 6.82. The van der Waals surface area contributed by atoms with E-state index in [1.807, 2.05) is 36.4 Å². The van der Waals surface area contributed by atoms with Crippen LogP contribution >= 0.6 is 0 Å². The van der Waals surface area contributed by atoms with Gasteiger partial charge in [0.05, 0.1) is 21.8 Å². The monoisotopic (exact) mass is 557 g/mol. The summed E-state index contributed by atoms with van der Waals surface area (Å²) in [5.74, 6) is -1.03. The fourth-order valence-corrected chi connectivity index (χ4v) is 6.58. The summed E-state index contributed by atoms with van der Waals surface area (Å²) in [6, 6.07) is 20.0. The highest BCUT2D eigenvalue weighted by Gasteiger charge is 2.34. The van der Waals surface area contributed by atoms with Gasteiger partial charge in [0, 0.05) is 28.9 Å². The van der Waals surface area contributed by atoms with Crippen LogP contribution in [0.5, 0.6) is 0 Å². The Morgan fingerprint density at radius 2 is 1.73 bits per heavy atom. The summed E-state index contributed by atoms with van der Waals surface area (Å²) < 4.78 is 45.4. The zero-order valence-electron chi connectivity index (χ0n) is 22.6. The first-order chi connectivity index (χ1) is 18.9. The van der Waals surface area contributed by atoms with Crippen LogP contribution in [0.3, 0.4) is 0 Å². The van der Waals surface area contributed by atoms with E-state index in [-0.39, 0.29) is 16.4 Å². The second-order valence-corrected chi connectivity index (χ2v) is 12.4. The second-order valence-electron chi connectivity index (χ2n) is 10.7. The molecule has 0 atom stereocenters. The molecule has 0 saturated heterocycles. The van der Waals surface area contributed by atoms with Crippen LogP contribution in [-0.2, 0) is 16.4 Å². The number of nitrogens with zero attached hydrogens (tertiary/aromatic N) is 4. The van der Waals surface area contributed by atoms with E-state index >= 15 is 0 Å². The molecule has 1 amide bonds. The first-order valence-corrected chi connectivity index (χ1v) is 14.2. The van der Waals surface area contributed by atoms with Crippen molar-refractivity contribution in [2.45, 2.75) is 44.6 Å². The maximum absolute atomic E-state index is 14.0. The molecule has 0 saturated carbocycles. The number of rotatable bonds is 5. The van der Waals surface area contributed by atoms with Gasteiger partial charge in [0.15, 0.2) is 0 Å². The number of nitrogens with one attached hydrogen (secondary N) is 1. The summed E-state index contributed by atoms with van der Waals surface area (Å²) in [6.45, 7) is 7.42. The summed E-state index contributed by atoms with van der Waals surface area (Å²) >= 11 is 0. The minimum absolute atomic E-state index is 0.0617. The van der Waals surface area contributed by atoms with Gasteiger partial charge >= 0.3 is 0 Å². The van der Waals surface area contributed by atoms with Gasteiger partial charge in [-0.25, -0.2) is 22.2 Å². The van der Waals surface area contributed by atoms with Gasteiger partial charge in [-0.1, -0.05) is 36.4 Å². The van der Waals surface area contributed by atoms with Gasteiger partial charge in [-0.2, -0.15) is 10.4 Å². The van der Waals surface area contributed by atoms with Crippen molar-refractivity contribution in [3.63, 3.8) is 0 Å². The molecule has 5 rings (SSSR count). The average Bonchev–Trinajstić information content (AvgIpc) is 3.25. The van der Waals surface area contributed by atoms with E-state index in [0.717, 1.165) is 11.1 Å². The average molecular weight is 558 g/mol. The Bertz CT molecular complexity index is 1780. The fourth-order valence-electron chi connectivity index (χ4n) is 4.91. The summed E-state index contributed by atoms with van der Waals surface area (Å²) in [7, 11) is -3.97. The largest absolute Gasteiger partial charge is 0.307 e. The Balaban J connectivity index is 1.62. The summed E-state index contributed by atoms with van der Waals surface area (Å²) in [5.41, 5.74) is 2.88. The number of hydrogen-bond acceptors (Lipinski definition) is 5. The number of aryl methyl sites for hydroxylation is 1. The summed E-state index contributed by atoms with van der Waals surface area (Å²) in [4.78, 5) is 15.5. The lowest BCUT2D eigenvalue weighted by atomic mass is 10.0. The van der Waals surface area contributed by atoms with Crippen LogP contribution in [0, 0.1) is 24.1 Å². The molecule has 204 valence electrons. The molecule has 3 aromatic carbocycles. The molecule has 0 spiro atoms. The van der Waals surface area contributed by atoms with Crippen molar-refractivity contribution < 1.29 is 17.6 Å². The zero-order chi connectivity index (χ0) is 28.8. The minimum Gasteiger partial charge on any atom is -0.307 e. The number of halogens is 1. The Labute approximate surface area is 232 Å². The van der Waals surface area contributed by atoms with E-state index in [0.29, 0.717) is 41.3 Å². The molecule has 0 radical (unpaired) electrons. The van der Waals surface area contributed by atoms with Gasteiger partial charge in [0.25, 0.3) is 5.91 Å². The van der Waals surface area contributed by atoms with E-state index in [1.54, 1.807) is 39.8 Å². The highest BCUT2D eigenvalue weighted by Crippen LogP contribution is 2.34. The van der Waals surface area contributed by atoms with Gasteiger partial charge in [-0.3, -0.25) is 4.79 Å². The molecular formula is C30H28FN5O3S. The molecule has 1 aliphatic rings. The molecule has 8 nitrogen and oxygen atoms in total. The predicted molar refractivity (Wildman–Crippen MR) is 150 cm³/mol. The van der Waals surface area contributed by atoms with Gasteiger partial charge < -0.3 is 4.90 Å². The third-order valence-electron chi connectivity index (χ3n) is 6.62. The third kappa shape index (κ3) is 5.01. The van der Waals surface area contributed by atoms with Gasteiger partial charge in [-0.15, -0.1) is 0 Å². The Hall–Kier alpha value is -4.33. The van der Waals surface area contributed by atoms with Crippen molar-refractivity contribution in [2.24, 2.45) is 0 Å². The number of hydrogen-bond donors (Lipinski definition) is 1. The number of sulfonamides is 1. The van der Waals surface area contributed by atoms with Crippen LogP contribution in [0.15, 0.2) is 71.6 Å². The molecule has 0 bridgehead atoms. The molecule has 40 heavy (non-hydrogen) atoms. The van der Waals surface area contributed by atoms with Crippen molar-refractivity contribution in [1.29, 1.82) is 5.26 Å². The van der Waals surface area contributed by atoms with Crippen molar-refractivity contribution in [3.8, 4) is 22.9 Å². The number of anilines is 1. The predicted octanol–water partition coefficient (Wildman–Crippen LogP) is 5.14. The van der Waals surface area contributed by atoms with Crippen LogP contribution in [0.4, 0.5) is 10.1 Å². The van der Waals surface area contributed by atoms with Crippen LogP contribution in [-0.4, -0.2) is 36.2 Å². The maximum Gasteiger partial charge on any atom is 0.277 e. The van der Waals surface area contributed by atoms with Gasteiger partial charge in [0.2, 0.25) is 10.0 Å². The molecular weight excluding hydrogens is 529 g/mol. The first-order valence-electron chi connectivity index (χ1n) is 12.7. The maximum atomic E-state index is 14.0. The number of nitriles is 1. The second kappa shape index (κ2) is 10.0.